The van der Waals surface area contributed by atoms with E-state index in [1.807, 2.05) is 4.90 Å². The van der Waals surface area contributed by atoms with Crippen LogP contribution in [0, 0.1) is 5.82 Å². The number of hydrogen-bond donors (Lipinski definition) is 2. The fraction of sp³-hybridized carbons (Fsp3) is 0.333. The van der Waals surface area contributed by atoms with Gasteiger partial charge in [-0.15, -0.1) is 0 Å². The summed E-state index contributed by atoms with van der Waals surface area (Å²) in [7, 11) is -2.68. The molecular formula is C18H20F3N3O4S. The Morgan fingerprint density at radius 3 is 2.48 bits per heavy atom. The first-order valence-electron chi connectivity index (χ1n) is 8.71. The Morgan fingerprint density at radius 2 is 1.83 bits per heavy atom. The highest BCUT2D eigenvalue weighted by Crippen LogP contribution is 2.33. The van der Waals surface area contributed by atoms with Gasteiger partial charge < -0.3 is 19.7 Å². The Morgan fingerprint density at radius 1 is 1.10 bits per heavy atom. The van der Waals surface area contributed by atoms with Crippen molar-refractivity contribution in [1.82, 2.24) is 5.32 Å². The molecule has 7 nitrogen and oxygen atoms in total. The number of methoxy groups -OCH3 is 1. The predicted octanol–water partition coefficient (Wildman–Crippen LogP) is 2.65. The summed E-state index contributed by atoms with van der Waals surface area (Å²) in [6.07, 6.45) is 0. The first-order chi connectivity index (χ1) is 13.8. The van der Waals surface area contributed by atoms with Gasteiger partial charge in [0.1, 0.15) is 11.6 Å². The highest BCUT2D eigenvalue weighted by molar-refractivity contribution is 7.92. The lowest BCUT2D eigenvalue weighted by Crippen LogP contribution is -2.43. The van der Waals surface area contributed by atoms with Gasteiger partial charge >= 0.3 is 6.61 Å². The van der Waals surface area contributed by atoms with Gasteiger partial charge in [-0.2, -0.15) is 8.78 Å². The Hall–Kier alpha value is -2.66. The number of ether oxygens (including phenoxy) is 2. The molecule has 0 radical (unpaired) electrons. The molecule has 2 N–H and O–H groups in total. The summed E-state index contributed by atoms with van der Waals surface area (Å²) in [6, 6.07) is 6.95. The molecule has 29 heavy (non-hydrogen) atoms. The van der Waals surface area contributed by atoms with Gasteiger partial charge in [-0.25, -0.2) is 12.8 Å². The van der Waals surface area contributed by atoms with E-state index in [0.717, 1.165) is 25.2 Å². The van der Waals surface area contributed by atoms with Crippen LogP contribution in [-0.4, -0.2) is 48.3 Å². The lowest BCUT2D eigenvalue weighted by Gasteiger charge is -2.30. The van der Waals surface area contributed by atoms with Crippen molar-refractivity contribution in [2.75, 3.05) is 42.9 Å². The molecule has 1 saturated heterocycles. The molecule has 0 saturated carbocycles. The molecule has 158 valence electrons. The number of piperazine rings is 1. The molecule has 0 amide bonds. The van der Waals surface area contributed by atoms with Crippen LogP contribution in [0.3, 0.4) is 0 Å². The van der Waals surface area contributed by atoms with Crippen LogP contribution in [0.1, 0.15) is 0 Å². The van der Waals surface area contributed by atoms with Gasteiger partial charge in [-0.1, -0.05) is 0 Å². The van der Waals surface area contributed by atoms with Crippen LogP contribution >= 0.6 is 0 Å². The van der Waals surface area contributed by atoms with E-state index >= 15 is 0 Å². The average molecular weight is 431 g/mol. The van der Waals surface area contributed by atoms with E-state index in [-0.39, 0.29) is 10.6 Å². The summed E-state index contributed by atoms with van der Waals surface area (Å²) in [5.74, 6) is -0.942. The summed E-state index contributed by atoms with van der Waals surface area (Å²) in [4.78, 5) is 1.89. The van der Waals surface area contributed by atoms with E-state index in [4.69, 9.17) is 4.74 Å². The highest BCUT2D eigenvalue weighted by Gasteiger charge is 2.22. The summed E-state index contributed by atoms with van der Waals surface area (Å²) < 4.78 is 76.0. The maximum absolute atomic E-state index is 13.4. The standard InChI is InChI=1S/C18H20F3N3O4S/c1-27-16-5-3-13(11-15(16)24-8-6-22-7-9-24)29(25,26)23-14-4-2-12(19)10-17(14)28-18(20)21/h2-5,10-11,18,22-23H,6-9H2,1H3. The fourth-order valence-corrected chi connectivity index (χ4v) is 4.06. The van der Waals surface area contributed by atoms with Crippen LogP contribution in [0.25, 0.3) is 0 Å². The predicted molar refractivity (Wildman–Crippen MR) is 102 cm³/mol. The molecule has 0 aliphatic carbocycles. The number of benzene rings is 2. The van der Waals surface area contributed by atoms with E-state index in [0.29, 0.717) is 30.6 Å². The normalized spacial score (nSPS) is 14.7. The van der Waals surface area contributed by atoms with Crippen LogP contribution in [-0.2, 0) is 10.0 Å². The lowest BCUT2D eigenvalue weighted by molar-refractivity contribution is -0.0494. The Balaban J connectivity index is 1.94. The van der Waals surface area contributed by atoms with E-state index in [1.54, 1.807) is 0 Å². The highest BCUT2D eigenvalue weighted by atomic mass is 32.2. The Labute approximate surface area is 166 Å². The number of alkyl halides is 2. The second-order valence-electron chi connectivity index (χ2n) is 6.20. The minimum atomic E-state index is -4.17. The number of halogens is 3. The van der Waals surface area contributed by atoms with Crippen LogP contribution in [0.4, 0.5) is 24.5 Å². The molecule has 1 heterocycles. The smallest absolute Gasteiger partial charge is 0.387 e. The zero-order chi connectivity index (χ0) is 21.0. The van der Waals surface area contributed by atoms with E-state index < -0.39 is 28.2 Å². The topological polar surface area (TPSA) is 79.9 Å². The van der Waals surface area contributed by atoms with E-state index in [9.17, 15) is 21.6 Å². The Bertz CT molecular complexity index is 967. The summed E-state index contributed by atoms with van der Waals surface area (Å²) >= 11 is 0. The first-order valence-corrected chi connectivity index (χ1v) is 10.2. The maximum atomic E-state index is 13.4. The van der Waals surface area contributed by atoms with Gasteiger partial charge in [0, 0.05) is 32.2 Å². The minimum absolute atomic E-state index is 0.0980. The molecule has 0 unspecified atom stereocenters. The van der Waals surface area contributed by atoms with Crippen LogP contribution in [0.2, 0.25) is 0 Å². The molecule has 0 aromatic heterocycles. The summed E-state index contributed by atoms with van der Waals surface area (Å²) in [6.45, 7) is -0.430. The van der Waals surface area contributed by atoms with Gasteiger partial charge in [0.05, 0.1) is 23.4 Å². The quantitative estimate of drug-likeness (QED) is 0.702. The molecule has 11 heteroatoms. The van der Waals surface area contributed by atoms with Crippen molar-refractivity contribution in [2.45, 2.75) is 11.5 Å². The number of sulfonamides is 1. The van der Waals surface area contributed by atoms with Crippen molar-refractivity contribution < 1.29 is 31.1 Å². The van der Waals surface area contributed by atoms with Crippen molar-refractivity contribution in [1.29, 1.82) is 0 Å². The van der Waals surface area contributed by atoms with Crippen molar-refractivity contribution in [3.63, 3.8) is 0 Å². The molecule has 3 rings (SSSR count). The number of hydrogen-bond acceptors (Lipinski definition) is 6. The van der Waals surface area contributed by atoms with Gasteiger partial charge in [0.15, 0.2) is 5.75 Å². The summed E-state index contributed by atoms with van der Waals surface area (Å²) in [5.41, 5.74) is 0.297. The summed E-state index contributed by atoms with van der Waals surface area (Å²) in [5, 5.41) is 3.21. The lowest BCUT2D eigenvalue weighted by atomic mass is 10.2. The van der Waals surface area contributed by atoms with Crippen molar-refractivity contribution in [3.8, 4) is 11.5 Å². The third-order valence-corrected chi connectivity index (χ3v) is 5.69. The molecule has 2 aromatic carbocycles. The molecule has 1 fully saturated rings. The molecule has 2 aromatic rings. The fourth-order valence-electron chi connectivity index (χ4n) is 2.97. The molecular weight excluding hydrogens is 411 g/mol. The zero-order valence-corrected chi connectivity index (χ0v) is 16.3. The number of rotatable bonds is 7. The molecule has 0 bridgehead atoms. The van der Waals surface area contributed by atoms with E-state index in [1.165, 1.54) is 25.3 Å². The zero-order valence-electron chi connectivity index (χ0n) is 15.5. The average Bonchev–Trinajstić information content (AvgIpc) is 2.69. The van der Waals surface area contributed by atoms with E-state index in [2.05, 4.69) is 14.8 Å². The van der Waals surface area contributed by atoms with Crippen LogP contribution in [0.5, 0.6) is 11.5 Å². The van der Waals surface area contributed by atoms with Gasteiger partial charge in [-0.3, -0.25) is 4.72 Å². The number of nitrogens with one attached hydrogen (secondary N) is 2. The Kier molecular flexibility index (Phi) is 6.38. The second kappa shape index (κ2) is 8.78. The molecule has 1 aliphatic rings. The second-order valence-corrected chi connectivity index (χ2v) is 7.88. The SMILES string of the molecule is COc1ccc(S(=O)(=O)Nc2ccc(F)cc2OC(F)F)cc1N1CCNCC1. The maximum Gasteiger partial charge on any atom is 0.387 e. The minimum Gasteiger partial charge on any atom is -0.495 e. The largest absolute Gasteiger partial charge is 0.495 e. The molecule has 0 atom stereocenters. The number of nitrogens with zero attached hydrogens (tertiary/aromatic N) is 1. The monoisotopic (exact) mass is 431 g/mol. The molecule has 1 aliphatic heterocycles. The van der Waals surface area contributed by atoms with Crippen LogP contribution < -0.4 is 24.4 Å². The third kappa shape index (κ3) is 5.04. The van der Waals surface area contributed by atoms with Crippen molar-refractivity contribution in [2.24, 2.45) is 0 Å². The molecule has 0 spiro atoms. The van der Waals surface area contributed by atoms with Crippen molar-refractivity contribution in [3.05, 3.63) is 42.2 Å². The van der Waals surface area contributed by atoms with Gasteiger partial charge in [0.2, 0.25) is 0 Å². The van der Waals surface area contributed by atoms with Gasteiger partial charge in [-0.05, 0) is 30.3 Å². The van der Waals surface area contributed by atoms with Gasteiger partial charge in [0.25, 0.3) is 10.0 Å². The van der Waals surface area contributed by atoms with Crippen LogP contribution in [0.15, 0.2) is 41.3 Å². The third-order valence-electron chi connectivity index (χ3n) is 4.32. The first kappa shape index (κ1) is 21.1. The van der Waals surface area contributed by atoms with Crippen molar-refractivity contribution >= 4 is 21.4 Å². The number of anilines is 2.